The van der Waals surface area contributed by atoms with E-state index in [1.54, 1.807) is 0 Å². The van der Waals surface area contributed by atoms with E-state index in [4.69, 9.17) is 0 Å². The zero-order chi connectivity index (χ0) is 34.7. The molecule has 7 nitrogen and oxygen atoms in total. The van der Waals surface area contributed by atoms with Crippen LogP contribution in [0.15, 0.2) is 42.5 Å². The predicted octanol–water partition coefficient (Wildman–Crippen LogP) is 8.71. The first-order valence-corrected chi connectivity index (χ1v) is 10.4. The summed E-state index contributed by atoms with van der Waals surface area (Å²) in [5.41, 5.74) is -6.54. The molecule has 1 N–H and O–H groups in total. The molecule has 0 spiro atoms. The molecule has 0 atom stereocenters. The molecule has 0 heterocycles. The Hall–Kier alpha value is -4.15. The molecule has 0 amide bonds. The summed E-state index contributed by atoms with van der Waals surface area (Å²) in [4.78, 5) is 19.5. The second kappa shape index (κ2) is 10.5. The summed E-state index contributed by atoms with van der Waals surface area (Å²) < 4.78 is 230. The molecule has 0 radical (unpaired) electrons. The van der Waals surface area contributed by atoms with Crippen LogP contribution in [0.4, 0.5) is 97.4 Å². The maximum Gasteiger partial charge on any atom is 0.460 e. The lowest BCUT2D eigenvalue weighted by atomic mass is 9.87. The van der Waals surface area contributed by atoms with Crippen LogP contribution in [-0.4, -0.2) is 51.6 Å². The first-order chi connectivity index (χ1) is 19.4. The minimum absolute atomic E-state index is 0.224. The number of nitro benzene ring substituents is 2. The molecule has 44 heavy (non-hydrogen) atoms. The molecule has 0 aromatic heterocycles. The van der Waals surface area contributed by atoms with Crippen LogP contribution in [0.5, 0.6) is 0 Å². The minimum Gasteiger partial charge on any atom is -0.350 e. The number of nitrogens with zero attached hydrogens (tertiary/aromatic N) is 2. The van der Waals surface area contributed by atoms with Crippen molar-refractivity contribution in [2.75, 3.05) is 5.32 Å². The van der Waals surface area contributed by atoms with Crippen LogP contribution in [-0.2, 0) is 5.92 Å². The highest BCUT2D eigenvalue weighted by Gasteiger charge is 2.95. The van der Waals surface area contributed by atoms with Crippen molar-refractivity contribution in [3.8, 4) is 0 Å². The van der Waals surface area contributed by atoms with Crippen molar-refractivity contribution >= 4 is 22.7 Å². The van der Waals surface area contributed by atoms with Gasteiger partial charge >= 0.3 is 47.6 Å². The van der Waals surface area contributed by atoms with Gasteiger partial charge in [0.1, 0.15) is 5.69 Å². The highest BCUT2D eigenvalue weighted by atomic mass is 19.4. The van der Waals surface area contributed by atoms with Crippen LogP contribution in [0.1, 0.15) is 5.56 Å². The minimum atomic E-state index is -8.78. The molecule has 24 heteroatoms. The third kappa shape index (κ3) is 5.16. The van der Waals surface area contributed by atoms with Crippen molar-refractivity contribution in [1.29, 1.82) is 0 Å². The van der Waals surface area contributed by atoms with Crippen molar-refractivity contribution in [3.63, 3.8) is 0 Å². The number of nitrogens with one attached hydrogen (secondary N) is 1. The zero-order valence-electron chi connectivity index (χ0n) is 20.0. The van der Waals surface area contributed by atoms with Gasteiger partial charge in [-0.3, -0.25) is 20.2 Å². The van der Waals surface area contributed by atoms with Gasteiger partial charge in [-0.2, -0.15) is 74.6 Å². The van der Waals surface area contributed by atoms with Crippen molar-refractivity contribution in [2.45, 2.75) is 47.6 Å². The lowest BCUT2D eigenvalue weighted by molar-refractivity contribution is -0.462. The molecule has 2 aromatic rings. The number of hydrogen-bond donors (Lipinski definition) is 1. The molecule has 0 saturated heterocycles. The Morgan fingerprint density at radius 1 is 0.545 bits per heavy atom. The largest absolute Gasteiger partial charge is 0.460 e. The standard InChI is InChI=1S/C20H8F17N3O4/c21-13(22,8-2-1-3-9(6-8)38-11-5-4-10(39(41)42)7-12(11)40(43)44)14(23,24)15(25,26)16(27,28)17(29,30)18(31,32)19(33,34)20(35,36)37/h1-7,38H. The van der Waals surface area contributed by atoms with Gasteiger partial charge in [-0.1, -0.05) is 12.1 Å². The van der Waals surface area contributed by atoms with E-state index in [2.05, 4.69) is 0 Å². The molecular formula is C20H8F17N3O4. The first kappa shape index (κ1) is 36.0. The lowest BCUT2D eigenvalue weighted by Crippen LogP contribution is -2.74. The van der Waals surface area contributed by atoms with E-state index in [1.807, 2.05) is 5.32 Å². The summed E-state index contributed by atoms with van der Waals surface area (Å²) in [5.74, 6) is -57.8. The Kier molecular flexibility index (Phi) is 8.59. The maximum atomic E-state index is 14.6. The van der Waals surface area contributed by atoms with Crippen LogP contribution in [0, 0.1) is 20.2 Å². The first-order valence-electron chi connectivity index (χ1n) is 10.4. The zero-order valence-corrected chi connectivity index (χ0v) is 20.0. The van der Waals surface area contributed by atoms with Gasteiger partial charge in [0.05, 0.1) is 15.9 Å². The van der Waals surface area contributed by atoms with Gasteiger partial charge < -0.3 is 5.32 Å². The summed E-state index contributed by atoms with van der Waals surface area (Å²) in [6, 6.07) is 1.52. The number of anilines is 2. The highest BCUT2D eigenvalue weighted by Crippen LogP contribution is 2.65. The average molecular weight is 677 g/mol. The summed E-state index contributed by atoms with van der Waals surface area (Å²) in [7, 11) is 0. The number of non-ortho nitro benzene ring substituents is 1. The Balaban J connectivity index is 2.62. The second-order valence-corrected chi connectivity index (χ2v) is 8.44. The molecule has 0 bridgehead atoms. The van der Waals surface area contributed by atoms with E-state index < -0.39 is 85.8 Å². The second-order valence-electron chi connectivity index (χ2n) is 8.44. The van der Waals surface area contributed by atoms with E-state index in [1.165, 1.54) is 0 Å². The fourth-order valence-corrected chi connectivity index (χ4v) is 3.18. The van der Waals surface area contributed by atoms with Crippen molar-refractivity contribution in [2.24, 2.45) is 0 Å². The van der Waals surface area contributed by atoms with E-state index in [9.17, 15) is 94.9 Å². The maximum absolute atomic E-state index is 14.6. The lowest BCUT2D eigenvalue weighted by Gasteiger charge is -2.42. The Bertz CT molecular complexity index is 1440. The number of hydrogen-bond acceptors (Lipinski definition) is 5. The van der Waals surface area contributed by atoms with Gasteiger partial charge in [0.15, 0.2) is 0 Å². The molecule has 0 aliphatic rings. The third-order valence-electron chi connectivity index (χ3n) is 5.62. The summed E-state index contributed by atoms with van der Waals surface area (Å²) in [6.07, 6.45) is -7.87. The molecule has 0 saturated carbocycles. The van der Waals surface area contributed by atoms with Crippen molar-refractivity contribution in [1.82, 2.24) is 0 Å². The third-order valence-corrected chi connectivity index (χ3v) is 5.62. The molecule has 246 valence electrons. The quantitative estimate of drug-likeness (QED) is 0.146. The topological polar surface area (TPSA) is 98.3 Å². The number of rotatable bonds is 11. The van der Waals surface area contributed by atoms with Crippen molar-refractivity contribution < 1.29 is 84.5 Å². The Morgan fingerprint density at radius 3 is 1.43 bits per heavy atom. The highest BCUT2D eigenvalue weighted by molar-refractivity contribution is 5.72. The van der Waals surface area contributed by atoms with Gasteiger partial charge in [-0.25, -0.2) is 0 Å². The normalized spacial score (nSPS) is 14.4. The smallest absolute Gasteiger partial charge is 0.350 e. The van der Waals surface area contributed by atoms with Gasteiger partial charge in [-0.05, 0) is 18.2 Å². The Labute approximate surface area is 229 Å². The molecule has 0 aliphatic heterocycles. The van der Waals surface area contributed by atoms with Crippen LogP contribution in [0.25, 0.3) is 0 Å². The Morgan fingerprint density at radius 2 is 1.00 bits per heavy atom. The van der Waals surface area contributed by atoms with Crippen LogP contribution in [0.2, 0.25) is 0 Å². The molecule has 2 rings (SSSR count). The fourth-order valence-electron chi connectivity index (χ4n) is 3.18. The predicted molar refractivity (Wildman–Crippen MR) is 109 cm³/mol. The number of alkyl halides is 17. The molecular weight excluding hydrogens is 669 g/mol. The van der Waals surface area contributed by atoms with Crippen molar-refractivity contribution in [3.05, 3.63) is 68.3 Å². The summed E-state index contributed by atoms with van der Waals surface area (Å²) >= 11 is 0. The fraction of sp³-hybridized carbons (Fsp3) is 0.400. The van der Waals surface area contributed by atoms with Crippen LogP contribution < -0.4 is 5.32 Å². The van der Waals surface area contributed by atoms with E-state index in [0.717, 1.165) is 0 Å². The molecule has 0 unspecified atom stereocenters. The molecule has 0 aliphatic carbocycles. The van der Waals surface area contributed by atoms with E-state index >= 15 is 0 Å². The van der Waals surface area contributed by atoms with Crippen LogP contribution in [0.3, 0.4) is 0 Å². The van der Waals surface area contributed by atoms with Gasteiger partial charge in [0, 0.05) is 17.3 Å². The molecule has 2 aromatic carbocycles. The number of nitro groups is 2. The van der Waals surface area contributed by atoms with Crippen LogP contribution >= 0.6 is 0 Å². The summed E-state index contributed by atoms with van der Waals surface area (Å²) in [6.45, 7) is 0. The number of halogens is 17. The molecule has 0 fully saturated rings. The van der Waals surface area contributed by atoms with Gasteiger partial charge in [0.2, 0.25) is 0 Å². The number of benzene rings is 2. The SMILES string of the molecule is O=[N+]([O-])c1ccc(Nc2cccc(C(F)(F)C(F)(F)C(F)(F)C(F)(F)C(F)(F)C(F)(F)C(F)(F)C(F)(F)F)c2)c([N+](=O)[O-])c1. The van der Waals surface area contributed by atoms with E-state index in [0.29, 0.717) is 18.2 Å². The monoisotopic (exact) mass is 677 g/mol. The van der Waals surface area contributed by atoms with E-state index in [-0.39, 0.29) is 24.3 Å². The average Bonchev–Trinajstić information content (AvgIpc) is 2.87. The van der Waals surface area contributed by atoms with Gasteiger partial charge in [-0.15, -0.1) is 0 Å². The summed E-state index contributed by atoms with van der Waals surface area (Å²) in [5, 5.41) is 23.8. The van der Waals surface area contributed by atoms with Gasteiger partial charge in [0.25, 0.3) is 11.4 Å².